The summed E-state index contributed by atoms with van der Waals surface area (Å²) in [7, 11) is 0. The molecular weight excluding hydrogens is 512 g/mol. The minimum absolute atomic E-state index is 0.00291. The lowest BCUT2D eigenvalue weighted by atomic mass is 10.0. The van der Waals surface area contributed by atoms with Crippen molar-refractivity contribution in [3.05, 3.63) is 29.8 Å². The quantitative estimate of drug-likeness (QED) is 0.0895. The molecule has 0 heterocycles. The van der Waals surface area contributed by atoms with Gasteiger partial charge in [-0.2, -0.15) is 0 Å². The Morgan fingerprint density at radius 3 is 1.77 bits per heavy atom. The van der Waals surface area contributed by atoms with Gasteiger partial charge in [0.05, 0.1) is 12.5 Å². The number of carboxylic acids is 2. The molecule has 0 radical (unpaired) electrons. The summed E-state index contributed by atoms with van der Waals surface area (Å²) >= 11 is 0. The van der Waals surface area contributed by atoms with Crippen LogP contribution in [0, 0.1) is 0 Å². The highest BCUT2D eigenvalue weighted by Gasteiger charge is 2.31. The van der Waals surface area contributed by atoms with Gasteiger partial charge in [0.25, 0.3) is 0 Å². The van der Waals surface area contributed by atoms with Crippen molar-refractivity contribution in [3.63, 3.8) is 0 Å². The van der Waals surface area contributed by atoms with Gasteiger partial charge in [0.2, 0.25) is 17.7 Å². The summed E-state index contributed by atoms with van der Waals surface area (Å²) in [5.41, 5.74) is 17.3. The number of amides is 3. The van der Waals surface area contributed by atoms with Gasteiger partial charge in [-0.25, -0.2) is 4.79 Å². The summed E-state index contributed by atoms with van der Waals surface area (Å²) in [6, 6.07) is 0.706. The molecule has 0 spiro atoms. The number of phenolic OH excluding ortho intramolecular Hbond substituents is 1. The molecule has 0 fully saturated rings. The molecule has 4 unspecified atom stereocenters. The van der Waals surface area contributed by atoms with Gasteiger partial charge in [-0.05, 0) is 62.9 Å². The van der Waals surface area contributed by atoms with E-state index < -0.39 is 60.2 Å². The third-order valence-electron chi connectivity index (χ3n) is 5.89. The molecule has 0 aliphatic heterocycles. The summed E-state index contributed by atoms with van der Waals surface area (Å²) in [5.74, 6) is -5.14. The number of benzene rings is 1. The number of unbranched alkanes of at least 4 members (excludes halogenated alkanes) is 2. The maximum absolute atomic E-state index is 13.1. The topological polar surface area (TPSA) is 260 Å². The Bertz CT molecular complexity index is 958. The molecule has 1 aromatic carbocycles. The second-order valence-corrected chi connectivity index (χ2v) is 9.17. The van der Waals surface area contributed by atoms with Crippen molar-refractivity contribution in [3.8, 4) is 5.75 Å². The summed E-state index contributed by atoms with van der Waals surface area (Å²) in [6.07, 6.45) is 1.66. The Morgan fingerprint density at radius 2 is 1.23 bits per heavy atom. The molecule has 0 saturated heterocycles. The molecule has 14 nitrogen and oxygen atoms in total. The fraction of sp³-hybridized carbons (Fsp3) is 0.560. The van der Waals surface area contributed by atoms with Gasteiger partial charge in [-0.15, -0.1) is 0 Å². The summed E-state index contributed by atoms with van der Waals surface area (Å²) < 4.78 is 0. The van der Waals surface area contributed by atoms with E-state index in [9.17, 15) is 39.3 Å². The fourth-order valence-corrected chi connectivity index (χ4v) is 3.68. The third-order valence-corrected chi connectivity index (χ3v) is 5.89. The third kappa shape index (κ3) is 13.0. The molecule has 39 heavy (non-hydrogen) atoms. The van der Waals surface area contributed by atoms with Crippen molar-refractivity contribution in [1.29, 1.82) is 0 Å². The largest absolute Gasteiger partial charge is 0.508 e. The van der Waals surface area contributed by atoms with Gasteiger partial charge < -0.3 is 48.5 Å². The van der Waals surface area contributed by atoms with Gasteiger partial charge in [-0.1, -0.05) is 18.6 Å². The predicted molar refractivity (Wildman–Crippen MR) is 141 cm³/mol. The van der Waals surface area contributed by atoms with Gasteiger partial charge in [-0.3, -0.25) is 19.2 Å². The standard InChI is InChI=1S/C25H40N6O8/c26-11-3-1-5-17(28)22(35)30-19(14-21(33)34)24(37)29-18(6-2-4-12-27)23(36)31-20(25(38)39)13-15-7-9-16(32)10-8-15/h7-10,17-20,32H,1-6,11-14,26-28H2,(H,29,37)(H,30,35)(H,31,36)(H,33,34)(H,38,39). The number of carbonyl (C=O) groups excluding carboxylic acids is 3. The van der Waals surface area contributed by atoms with E-state index in [0.717, 1.165) is 0 Å². The van der Waals surface area contributed by atoms with Crippen LogP contribution in [0.15, 0.2) is 24.3 Å². The molecule has 218 valence electrons. The number of aromatic hydroxyl groups is 1. The molecule has 3 amide bonds. The van der Waals surface area contributed by atoms with E-state index in [4.69, 9.17) is 17.2 Å². The maximum Gasteiger partial charge on any atom is 0.326 e. The van der Waals surface area contributed by atoms with Gasteiger partial charge in [0, 0.05) is 6.42 Å². The number of carbonyl (C=O) groups is 5. The monoisotopic (exact) mass is 552 g/mol. The Kier molecular flexibility index (Phi) is 15.1. The van der Waals surface area contributed by atoms with Crippen molar-refractivity contribution >= 4 is 29.7 Å². The fourth-order valence-electron chi connectivity index (χ4n) is 3.68. The van der Waals surface area contributed by atoms with Crippen LogP contribution in [-0.2, 0) is 30.4 Å². The van der Waals surface area contributed by atoms with E-state index >= 15 is 0 Å². The normalized spacial score (nSPS) is 13.9. The van der Waals surface area contributed by atoms with E-state index in [1.165, 1.54) is 24.3 Å². The van der Waals surface area contributed by atoms with Crippen LogP contribution in [0.25, 0.3) is 0 Å². The first-order valence-corrected chi connectivity index (χ1v) is 12.8. The number of carboxylic acid groups (broad SMARTS) is 2. The van der Waals surface area contributed by atoms with Crippen LogP contribution in [0.3, 0.4) is 0 Å². The molecule has 0 aliphatic rings. The maximum atomic E-state index is 13.1. The molecular formula is C25H40N6O8. The molecule has 1 aromatic rings. The van der Waals surface area contributed by atoms with Crippen LogP contribution < -0.4 is 33.2 Å². The van der Waals surface area contributed by atoms with Crippen molar-refractivity contribution in [2.75, 3.05) is 13.1 Å². The average molecular weight is 553 g/mol. The molecule has 0 aliphatic carbocycles. The van der Waals surface area contributed by atoms with E-state index in [1.54, 1.807) is 0 Å². The number of nitrogens with two attached hydrogens (primary N) is 3. The first kappa shape index (κ1) is 33.3. The highest BCUT2D eigenvalue weighted by Crippen LogP contribution is 2.12. The van der Waals surface area contributed by atoms with E-state index in [0.29, 0.717) is 44.3 Å². The first-order chi connectivity index (χ1) is 18.5. The Morgan fingerprint density at radius 1 is 0.718 bits per heavy atom. The molecule has 12 N–H and O–H groups in total. The van der Waals surface area contributed by atoms with Crippen molar-refractivity contribution < 1.29 is 39.3 Å². The van der Waals surface area contributed by atoms with E-state index in [-0.39, 0.29) is 25.0 Å². The number of phenols is 1. The zero-order chi connectivity index (χ0) is 29.4. The summed E-state index contributed by atoms with van der Waals surface area (Å²) in [5, 5.41) is 35.5. The lowest BCUT2D eigenvalue weighted by Gasteiger charge is -2.25. The van der Waals surface area contributed by atoms with Crippen molar-refractivity contribution in [1.82, 2.24) is 16.0 Å². The summed E-state index contributed by atoms with van der Waals surface area (Å²) in [6.45, 7) is 0.740. The predicted octanol–water partition coefficient (Wildman–Crippen LogP) is -1.47. The van der Waals surface area contributed by atoms with Crippen molar-refractivity contribution in [2.24, 2.45) is 17.2 Å². The number of hydrogen-bond donors (Lipinski definition) is 9. The van der Waals surface area contributed by atoms with E-state index in [2.05, 4.69) is 16.0 Å². The molecule has 0 bridgehead atoms. The molecule has 0 aromatic heterocycles. The summed E-state index contributed by atoms with van der Waals surface area (Å²) in [4.78, 5) is 61.7. The second kappa shape index (κ2) is 17.7. The number of hydrogen-bond acceptors (Lipinski definition) is 9. The number of nitrogens with one attached hydrogen (secondary N) is 3. The Balaban J connectivity index is 2.99. The minimum atomic E-state index is -1.52. The highest BCUT2D eigenvalue weighted by atomic mass is 16.4. The molecule has 0 saturated carbocycles. The Hall–Kier alpha value is -3.75. The van der Waals surface area contributed by atoms with Crippen LogP contribution >= 0.6 is 0 Å². The lowest BCUT2D eigenvalue weighted by Crippen LogP contribution is -2.57. The molecule has 4 atom stereocenters. The van der Waals surface area contributed by atoms with Gasteiger partial charge in [0.15, 0.2) is 0 Å². The molecule has 14 heteroatoms. The number of rotatable bonds is 19. The zero-order valence-corrected chi connectivity index (χ0v) is 21.8. The SMILES string of the molecule is NCCCCC(N)C(=O)NC(CC(=O)O)C(=O)NC(CCCCN)C(=O)NC(Cc1ccc(O)cc1)C(=O)O. The zero-order valence-electron chi connectivity index (χ0n) is 21.8. The van der Waals surface area contributed by atoms with Crippen LogP contribution in [0.4, 0.5) is 0 Å². The van der Waals surface area contributed by atoms with E-state index in [1.807, 2.05) is 0 Å². The lowest BCUT2D eigenvalue weighted by molar-refractivity contribution is -0.143. The smallest absolute Gasteiger partial charge is 0.326 e. The number of aliphatic carboxylic acids is 2. The van der Waals surface area contributed by atoms with Crippen LogP contribution in [0.1, 0.15) is 50.5 Å². The minimum Gasteiger partial charge on any atom is -0.508 e. The van der Waals surface area contributed by atoms with Gasteiger partial charge in [0.1, 0.15) is 23.9 Å². The molecule has 1 rings (SSSR count). The van der Waals surface area contributed by atoms with Crippen LogP contribution in [0.5, 0.6) is 5.75 Å². The van der Waals surface area contributed by atoms with Crippen molar-refractivity contribution in [2.45, 2.75) is 75.5 Å². The highest BCUT2D eigenvalue weighted by molar-refractivity contribution is 5.95. The average Bonchev–Trinajstić information content (AvgIpc) is 2.88. The van der Waals surface area contributed by atoms with Crippen LogP contribution in [0.2, 0.25) is 0 Å². The second-order valence-electron chi connectivity index (χ2n) is 9.17. The first-order valence-electron chi connectivity index (χ1n) is 12.8. The van der Waals surface area contributed by atoms with Gasteiger partial charge >= 0.3 is 11.9 Å². The Labute approximate surface area is 226 Å². The van der Waals surface area contributed by atoms with Crippen LogP contribution in [-0.4, -0.2) is 82.2 Å².